The van der Waals surface area contributed by atoms with E-state index in [-0.39, 0.29) is 5.91 Å². The van der Waals surface area contributed by atoms with Gasteiger partial charge in [0.2, 0.25) is 0 Å². The minimum Gasteiger partial charge on any atom is -0.307 e. The van der Waals surface area contributed by atoms with Gasteiger partial charge in [-0.15, -0.1) is 11.6 Å². The summed E-state index contributed by atoms with van der Waals surface area (Å²) in [6, 6.07) is 11.8. The van der Waals surface area contributed by atoms with Crippen LogP contribution in [0.5, 0.6) is 0 Å². The molecule has 1 aliphatic heterocycles. The van der Waals surface area contributed by atoms with Crippen molar-refractivity contribution in [3.8, 4) is 11.3 Å². The molecule has 2 aromatic rings. The van der Waals surface area contributed by atoms with Crippen molar-refractivity contribution in [1.82, 2.24) is 15.1 Å². The quantitative estimate of drug-likeness (QED) is 0.863. The molecule has 1 N–H and O–H groups in total. The number of alkyl halides is 1. The molecular formula is C17H20ClN3O. The standard InChI is InChI=1S/C15H14ClN3O.C2H6/c16-8-11-6-15(20)19-13(10-17-9-11)7-14(18-19)12-4-2-1-3-5-12;1-2/h1-7,17H,8-10H2;1-2H3/b11-6-;. The van der Waals surface area contributed by atoms with E-state index in [0.29, 0.717) is 19.0 Å². The number of fused-ring (bicyclic) bond motifs is 1. The third-order valence-corrected chi connectivity index (χ3v) is 3.56. The average Bonchev–Trinajstić information content (AvgIpc) is 2.99. The molecule has 116 valence electrons. The molecule has 22 heavy (non-hydrogen) atoms. The zero-order valence-corrected chi connectivity index (χ0v) is 13.6. The minimum absolute atomic E-state index is 0.140. The summed E-state index contributed by atoms with van der Waals surface area (Å²) < 4.78 is 1.45. The molecule has 0 fully saturated rings. The Morgan fingerprint density at radius 1 is 1.23 bits per heavy atom. The van der Waals surface area contributed by atoms with Gasteiger partial charge >= 0.3 is 0 Å². The molecule has 0 radical (unpaired) electrons. The highest BCUT2D eigenvalue weighted by atomic mass is 35.5. The number of carbonyl (C=O) groups is 1. The fourth-order valence-corrected chi connectivity index (χ4v) is 2.38. The Kier molecular flexibility index (Phi) is 5.92. The second-order valence-electron chi connectivity index (χ2n) is 4.68. The summed E-state index contributed by atoms with van der Waals surface area (Å²) in [6.45, 7) is 5.22. The van der Waals surface area contributed by atoms with E-state index in [2.05, 4.69) is 10.4 Å². The maximum Gasteiger partial charge on any atom is 0.271 e. The molecule has 2 heterocycles. The number of carbonyl (C=O) groups excluding carboxylic acids is 1. The molecule has 0 bridgehead atoms. The van der Waals surface area contributed by atoms with E-state index in [1.807, 2.05) is 50.2 Å². The van der Waals surface area contributed by atoms with Crippen molar-refractivity contribution in [2.75, 3.05) is 12.4 Å². The predicted octanol–water partition coefficient (Wildman–Crippen LogP) is 3.48. The number of allylic oxidation sites excluding steroid dienone is 1. The highest BCUT2D eigenvalue weighted by Gasteiger charge is 2.16. The van der Waals surface area contributed by atoms with Crippen LogP contribution in [0.15, 0.2) is 48.0 Å². The summed E-state index contributed by atoms with van der Waals surface area (Å²) in [6.07, 6.45) is 1.56. The van der Waals surface area contributed by atoms with Crippen molar-refractivity contribution >= 4 is 17.5 Å². The molecule has 1 aliphatic rings. The Labute approximate surface area is 135 Å². The molecule has 0 unspecified atom stereocenters. The summed E-state index contributed by atoms with van der Waals surface area (Å²) in [5.74, 6) is 0.209. The normalized spacial score (nSPS) is 16.5. The highest BCUT2D eigenvalue weighted by molar-refractivity contribution is 6.19. The molecule has 0 saturated carbocycles. The van der Waals surface area contributed by atoms with Crippen LogP contribution in [0.2, 0.25) is 0 Å². The number of nitrogens with zero attached hydrogens (tertiary/aromatic N) is 2. The van der Waals surface area contributed by atoms with Crippen LogP contribution in [0.25, 0.3) is 11.3 Å². The summed E-state index contributed by atoms with van der Waals surface area (Å²) in [4.78, 5) is 12.2. The van der Waals surface area contributed by atoms with Crippen LogP contribution in [0.3, 0.4) is 0 Å². The van der Waals surface area contributed by atoms with Gasteiger partial charge in [0.05, 0.1) is 11.4 Å². The molecule has 0 amide bonds. The summed E-state index contributed by atoms with van der Waals surface area (Å²) in [5, 5.41) is 7.68. The third kappa shape index (κ3) is 3.64. The fourth-order valence-electron chi connectivity index (χ4n) is 2.21. The first-order valence-electron chi connectivity index (χ1n) is 7.43. The lowest BCUT2D eigenvalue weighted by Crippen LogP contribution is -2.26. The molecule has 0 atom stereocenters. The van der Waals surface area contributed by atoms with E-state index in [1.54, 1.807) is 6.08 Å². The first kappa shape index (κ1) is 16.5. The molecule has 0 saturated heterocycles. The second-order valence-corrected chi connectivity index (χ2v) is 4.94. The second kappa shape index (κ2) is 7.92. The molecule has 0 aliphatic carbocycles. The SMILES string of the molecule is CC.O=C1/C=C(/CCl)CNCc2cc(-c3ccccc3)nn21. The number of aromatic nitrogens is 2. The van der Waals surface area contributed by atoms with Crippen molar-refractivity contribution in [3.05, 3.63) is 53.7 Å². The van der Waals surface area contributed by atoms with Crippen LogP contribution < -0.4 is 5.32 Å². The Morgan fingerprint density at radius 2 is 1.95 bits per heavy atom. The summed E-state index contributed by atoms with van der Waals surface area (Å²) in [5.41, 5.74) is 3.54. The minimum atomic E-state index is -0.140. The smallest absolute Gasteiger partial charge is 0.271 e. The van der Waals surface area contributed by atoms with Crippen molar-refractivity contribution in [3.63, 3.8) is 0 Å². The monoisotopic (exact) mass is 317 g/mol. The summed E-state index contributed by atoms with van der Waals surface area (Å²) in [7, 11) is 0. The maximum absolute atomic E-state index is 12.2. The predicted molar refractivity (Wildman–Crippen MR) is 90.1 cm³/mol. The zero-order chi connectivity index (χ0) is 15.9. The maximum atomic E-state index is 12.2. The van der Waals surface area contributed by atoms with Crippen LogP contribution in [-0.4, -0.2) is 28.1 Å². The van der Waals surface area contributed by atoms with Crippen LogP contribution >= 0.6 is 11.6 Å². The van der Waals surface area contributed by atoms with E-state index in [1.165, 1.54) is 4.68 Å². The Bertz CT molecular complexity index is 662. The Balaban J connectivity index is 0.000000847. The van der Waals surface area contributed by atoms with Crippen LogP contribution in [0.1, 0.15) is 24.3 Å². The van der Waals surface area contributed by atoms with Gasteiger partial charge in [-0.3, -0.25) is 4.79 Å². The largest absolute Gasteiger partial charge is 0.307 e. The molecule has 0 spiro atoms. The number of hydrogen-bond donors (Lipinski definition) is 1. The van der Waals surface area contributed by atoms with E-state index in [0.717, 1.165) is 22.5 Å². The highest BCUT2D eigenvalue weighted by Crippen LogP contribution is 2.19. The molecule has 5 heteroatoms. The number of nitrogens with one attached hydrogen (secondary N) is 1. The van der Waals surface area contributed by atoms with Gasteiger partial charge in [0, 0.05) is 30.6 Å². The fraction of sp³-hybridized carbons (Fsp3) is 0.294. The van der Waals surface area contributed by atoms with Gasteiger partial charge in [0.25, 0.3) is 5.91 Å². The van der Waals surface area contributed by atoms with Gasteiger partial charge in [0.1, 0.15) is 0 Å². The first-order chi connectivity index (χ1) is 10.8. The number of benzene rings is 1. The molecule has 1 aromatic carbocycles. The lowest BCUT2D eigenvalue weighted by atomic mass is 10.1. The first-order valence-corrected chi connectivity index (χ1v) is 7.96. The molecular weight excluding hydrogens is 298 g/mol. The molecule has 1 aromatic heterocycles. The van der Waals surface area contributed by atoms with Gasteiger partial charge in [-0.2, -0.15) is 9.78 Å². The Hall–Kier alpha value is -1.91. The van der Waals surface area contributed by atoms with E-state index >= 15 is 0 Å². The van der Waals surface area contributed by atoms with Gasteiger partial charge < -0.3 is 5.32 Å². The van der Waals surface area contributed by atoms with Crippen molar-refractivity contribution in [2.24, 2.45) is 0 Å². The van der Waals surface area contributed by atoms with E-state index in [4.69, 9.17) is 11.6 Å². The lowest BCUT2D eigenvalue weighted by Gasteiger charge is -2.11. The van der Waals surface area contributed by atoms with E-state index in [9.17, 15) is 4.79 Å². The van der Waals surface area contributed by atoms with Crippen molar-refractivity contribution in [1.29, 1.82) is 0 Å². The average molecular weight is 318 g/mol. The van der Waals surface area contributed by atoms with E-state index < -0.39 is 0 Å². The Morgan fingerprint density at radius 3 is 2.64 bits per heavy atom. The summed E-state index contributed by atoms with van der Waals surface area (Å²) >= 11 is 5.81. The third-order valence-electron chi connectivity index (χ3n) is 3.22. The zero-order valence-electron chi connectivity index (χ0n) is 12.8. The van der Waals surface area contributed by atoms with Gasteiger partial charge in [-0.25, -0.2) is 0 Å². The lowest BCUT2D eigenvalue weighted by molar-refractivity contribution is 0.0948. The van der Waals surface area contributed by atoms with Crippen LogP contribution in [0, 0.1) is 0 Å². The van der Waals surface area contributed by atoms with Gasteiger partial charge in [0.15, 0.2) is 0 Å². The molecule has 3 rings (SSSR count). The number of hydrogen-bond acceptors (Lipinski definition) is 3. The van der Waals surface area contributed by atoms with Gasteiger partial charge in [-0.1, -0.05) is 44.2 Å². The van der Waals surface area contributed by atoms with Crippen molar-refractivity contribution in [2.45, 2.75) is 20.4 Å². The van der Waals surface area contributed by atoms with Crippen molar-refractivity contribution < 1.29 is 4.79 Å². The van der Waals surface area contributed by atoms with Crippen LogP contribution in [0.4, 0.5) is 0 Å². The number of halogens is 1. The molecule has 4 nitrogen and oxygen atoms in total. The topological polar surface area (TPSA) is 46.9 Å². The van der Waals surface area contributed by atoms with Gasteiger partial charge in [-0.05, 0) is 11.6 Å². The van der Waals surface area contributed by atoms with Crippen LogP contribution in [-0.2, 0) is 6.54 Å². The number of rotatable bonds is 2.